The van der Waals surface area contributed by atoms with Gasteiger partial charge in [0.2, 0.25) is 5.95 Å². The zero-order chi connectivity index (χ0) is 19.7. The Bertz CT molecular complexity index is 911. The van der Waals surface area contributed by atoms with Gasteiger partial charge in [-0.3, -0.25) is 14.7 Å². The number of rotatable bonds is 4. The highest BCUT2D eigenvalue weighted by Gasteiger charge is 2.25. The molecule has 2 aromatic rings. The topological polar surface area (TPSA) is 81.7 Å². The van der Waals surface area contributed by atoms with Gasteiger partial charge in [0.05, 0.1) is 12.8 Å². The first-order valence-corrected chi connectivity index (χ1v) is 10.0. The Labute approximate surface area is 165 Å². The highest BCUT2D eigenvalue weighted by Crippen LogP contribution is 2.28. The van der Waals surface area contributed by atoms with E-state index in [1.54, 1.807) is 19.2 Å². The molecule has 2 aliphatic heterocycles. The number of phenolic OH excluding ortho intramolecular Hbond substituents is 1. The predicted molar refractivity (Wildman–Crippen MR) is 108 cm³/mol. The second-order valence-electron chi connectivity index (χ2n) is 7.82. The summed E-state index contributed by atoms with van der Waals surface area (Å²) in [7, 11) is 1.54. The number of fused-ring (bicyclic) bond motifs is 1. The number of H-pyrrole nitrogens is 1. The average molecular weight is 384 g/mol. The summed E-state index contributed by atoms with van der Waals surface area (Å²) in [5.74, 6) is 1.33. The number of aromatic amines is 1. The van der Waals surface area contributed by atoms with Crippen LogP contribution in [0.4, 0.5) is 5.95 Å². The number of anilines is 1. The lowest BCUT2D eigenvalue weighted by Crippen LogP contribution is -2.41. The van der Waals surface area contributed by atoms with Crippen molar-refractivity contribution in [2.45, 2.75) is 51.7 Å². The van der Waals surface area contributed by atoms with Gasteiger partial charge in [-0.15, -0.1) is 0 Å². The molecule has 0 radical (unpaired) electrons. The molecule has 1 saturated heterocycles. The Morgan fingerprint density at radius 1 is 1.32 bits per heavy atom. The Morgan fingerprint density at radius 3 is 2.93 bits per heavy atom. The first-order chi connectivity index (χ1) is 13.5. The first kappa shape index (κ1) is 18.8. The van der Waals surface area contributed by atoms with Gasteiger partial charge in [-0.1, -0.05) is 6.07 Å². The van der Waals surface area contributed by atoms with Crippen LogP contribution in [0.25, 0.3) is 0 Å². The monoisotopic (exact) mass is 384 g/mol. The van der Waals surface area contributed by atoms with Gasteiger partial charge in [0.15, 0.2) is 11.5 Å². The average Bonchev–Trinajstić information content (AvgIpc) is 2.68. The second kappa shape index (κ2) is 7.83. The highest BCUT2D eigenvalue weighted by molar-refractivity contribution is 5.42. The summed E-state index contributed by atoms with van der Waals surface area (Å²) in [4.78, 5) is 25.0. The number of phenols is 1. The molecule has 1 aromatic carbocycles. The number of ether oxygens (including phenoxy) is 1. The quantitative estimate of drug-likeness (QED) is 0.843. The molecule has 0 aliphatic carbocycles. The van der Waals surface area contributed by atoms with Crippen LogP contribution in [0.3, 0.4) is 0 Å². The summed E-state index contributed by atoms with van der Waals surface area (Å²) in [6.07, 6.45) is 4.19. The van der Waals surface area contributed by atoms with E-state index in [1.165, 1.54) is 6.42 Å². The summed E-state index contributed by atoms with van der Waals surface area (Å²) < 4.78 is 5.11. The molecular weight excluding hydrogens is 356 g/mol. The fourth-order valence-corrected chi connectivity index (χ4v) is 4.26. The minimum atomic E-state index is -0.000449. The normalized spacial score (nSPS) is 20.1. The Morgan fingerprint density at radius 2 is 2.18 bits per heavy atom. The van der Waals surface area contributed by atoms with Gasteiger partial charge < -0.3 is 14.7 Å². The highest BCUT2D eigenvalue weighted by atomic mass is 16.5. The molecule has 0 unspecified atom stereocenters. The summed E-state index contributed by atoms with van der Waals surface area (Å²) in [5, 5.41) is 10.0. The van der Waals surface area contributed by atoms with Crippen molar-refractivity contribution in [3.8, 4) is 11.5 Å². The number of piperidine rings is 1. The van der Waals surface area contributed by atoms with E-state index < -0.39 is 0 Å². The van der Waals surface area contributed by atoms with E-state index in [4.69, 9.17) is 9.72 Å². The van der Waals surface area contributed by atoms with E-state index in [2.05, 4.69) is 21.7 Å². The standard InChI is InChI=1S/C21H28N4O3/c1-14-5-3-4-9-25(14)21-22-17-13-24(10-8-16(17)20(27)23-21)12-15-6-7-19(28-2)18(26)11-15/h6-7,11,14,26H,3-5,8-10,12-13H2,1-2H3,(H,22,23,27)/t14-/m1/s1. The largest absolute Gasteiger partial charge is 0.504 e. The third-order valence-electron chi connectivity index (χ3n) is 5.86. The van der Waals surface area contributed by atoms with E-state index in [1.807, 2.05) is 6.07 Å². The van der Waals surface area contributed by atoms with Gasteiger partial charge in [0.1, 0.15) is 0 Å². The van der Waals surface area contributed by atoms with E-state index in [0.717, 1.165) is 42.8 Å². The Balaban J connectivity index is 1.54. The van der Waals surface area contributed by atoms with Crippen LogP contribution in [0.5, 0.6) is 11.5 Å². The lowest BCUT2D eigenvalue weighted by molar-refractivity contribution is 0.240. The number of hydrogen-bond donors (Lipinski definition) is 2. The Kier molecular flexibility index (Phi) is 5.26. The summed E-state index contributed by atoms with van der Waals surface area (Å²) in [5.41, 5.74) is 2.69. The van der Waals surface area contributed by atoms with E-state index >= 15 is 0 Å². The molecule has 4 rings (SSSR count). The molecule has 0 spiro atoms. The second-order valence-corrected chi connectivity index (χ2v) is 7.82. The fraction of sp³-hybridized carbons (Fsp3) is 0.524. The third kappa shape index (κ3) is 3.71. The van der Waals surface area contributed by atoms with Gasteiger partial charge >= 0.3 is 0 Å². The van der Waals surface area contributed by atoms with Gasteiger partial charge in [-0.2, -0.15) is 0 Å². The molecule has 0 saturated carbocycles. The van der Waals surface area contributed by atoms with Crippen molar-refractivity contribution in [2.24, 2.45) is 0 Å². The van der Waals surface area contributed by atoms with Crippen molar-refractivity contribution in [3.63, 3.8) is 0 Å². The van der Waals surface area contributed by atoms with Crippen molar-refractivity contribution < 1.29 is 9.84 Å². The number of nitrogens with zero attached hydrogens (tertiary/aromatic N) is 3. The minimum absolute atomic E-state index is 0.000449. The number of benzene rings is 1. The summed E-state index contributed by atoms with van der Waals surface area (Å²) in [6.45, 7) is 5.27. The molecule has 2 aliphatic rings. The molecule has 0 bridgehead atoms. The molecule has 2 N–H and O–H groups in total. The van der Waals surface area contributed by atoms with Crippen molar-refractivity contribution >= 4 is 5.95 Å². The van der Waals surface area contributed by atoms with Gasteiger partial charge in [0, 0.05) is 37.8 Å². The lowest BCUT2D eigenvalue weighted by atomic mass is 10.0. The first-order valence-electron chi connectivity index (χ1n) is 10.0. The molecule has 0 amide bonds. The van der Waals surface area contributed by atoms with Crippen molar-refractivity contribution in [2.75, 3.05) is 25.1 Å². The predicted octanol–water partition coefficient (Wildman–Crippen LogP) is 2.42. The third-order valence-corrected chi connectivity index (χ3v) is 5.86. The number of aromatic hydroxyl groups is 1. The van der Waals surface area contributed by atoms with Crippen LogP contribution in [0.15, 0.2) is 23.0 Å². The lowest BCUT2D eigenvalue weighted by Gasteiger charge is -2.35. The molecule has 28 heavy (non-hydrogen) atoms. The summed E-state index contributed by atoms with van der Waals surface area (Å²) >= 11 is 0. The van der Waals surface area contributed by atoms with Crippen LogP contribution in [0, 0.1) is 0 Å². The molecule has 7 heteroatoms. The molecular formula is C21H28N4O3. The number of aromatic nitrogens is 2. The van der Waals surface area contributed by atoms with Crippen LogP contribution < -0.4 is 15.2 Å². The van der Waals surface area contributed by atoms with Crippen LogP contribution in [-0.4, -0.2) is 46.2 Å². The number of methoxy groups -OCH3 is 1. The van der Waals surface area contributed by atoms with E-state index in [0.29, 0.717) is 37.3 Å². The number of nitrogens with one attached hydrogen (secondary N) is 1. The van der Waals surface area contributed by atoms with Crippen LogP contribution in [0.1, 0.15) is 43.0 Å². The molecule has 1 fully saturated rings. The maximum atomic E-state index is 12.6. The fourth-order valence-electron chi connectivity index (χ4n) is 4.26. The molecule has 1 atom stereocenters. The maximum absolute atomic E-state index is 12.6. The number of hydrogen-bond acceptors (Lipinski definition) is 6. The zero-order valence-electron chi connectivity index (χ0n) is 16.6. The van der Waals surface area contributed by atoms with Crippen LogP contribution in [0.2, 0.25) is 0 Å². The molecule has 150 valence electrons. The molecule has 1 aromatic heterocycles. The van der Waals surface area contributed by atoms with Gasteiger partial charge in [-0.05, 0) is 50.3 Å². The van der Waals surface area contributed by atoms with Gasteiger partial charge in [0.25, 0.3) is 5.56 Å². The van der Waals surface area contributed by atoms with Gasteiger partial charge in [-0.25, -0.2) is 4.98 Å². The zero-order valence-corrected chi connectivity index (χ0v) is 16.6. The smallest absolute Gasteiger partial charge is 0.255 e. The van der Waals surface area contributed by atoms with Crippen LogP contribution in [-0.2, 0) is 19.5 Å². The van der Waals surface area contributed by atoms with Crippen LogP contribution >= 0.6 is 0 Å². The SMILES string of the molecule is COc1ccc(CN2CCc3c(nc(N4CCCC[C@H]4C)[nH]c3=O)C2)cc1O. The van der Waals surface area contributed by atoms with E-state index in [9.17, 15) is 9.90 Å². The van der Waals surface area contributed by atoms with E-state index in [-0.39, 0.29) is 11.3 Å². The maximum Gasteiger partial charge on any atom is 0.255 e. The molecule has 7 nitrogen and oxygen atoms in total. The summed E-state index contributed by atoms with van der Waals surface area (Å²) in [6, 6.07) is 5.87. The van der Waals surface area contributed by atoms with Crippen molar-refractivity contribution in [1.29, 1.82) is 0 Å². The van der Waals surface area contributed by atoms with Crippen molar-refractivity contribution in [1.82, 2.24) is 14.9 Å². The minimum Gasteiger partial charge on any atom is -0.504 e. The van der Waals surface area contributed by atoms with Crippen molar-refractivity contribution in [3.05, 3.63) is 45.4 Å². The Hall–Kier alpha value is -2.54. The molecule has 3 heterocycles.